The summed E-state index contributed by atoms with van der Waals surface area (Å²) >= 11 is 6.53. The number of hydrogen-bond donors (Lipinski definition) is 1. The van der Waals surface area contributed by atoms with E-state index in [1.54, 1.807) is 24.3 Å². The molecular weight excluding hydrogens is 395 g/mol. The quantitative estimate of drug-likeness (QED) is 0.587. The molecule has 1 heterocycles. The molecule has 1 fully saturated rings. The molecule has 1 unspecified atom stereocenters. The minimum absolute atomic E-state index is 0.169. The maximum atomic E-state index is 14.3. The Morgan fingerprint density at radius 2 is 1.90 bits per heavy atom. The van der Waals surface area contributed by atoms with Crippen molar-refractivity contribution in [3.05, 3.63) is 78.2 Å². The van der Waals surface area contributed by atoms with Crippen molar-refractivity contribution in [1.29, 1.82) is 0 Å². The van der Waals surface area contributed by atoms with Crippen LogP contribution in [0.4, 0.5) is 10.1 Å². The molecule has 1 saturated heterocycles. The molecule has 148 valence electrons. The maximum absolute atomic E-state index is 14.3. The predicted octanol–water partition coefficient (Wildman–Crippen LogP) is 4.33. The Kier molecular flexibility index (Phi) is 5.94. The SMILES string of the molecule is C=CC(=O)N(C=C)c1ccc(-c2cc(F)cc(C3CCC(=O)NC3=O)c2Cl)cc1. The second-order valence-corrected chi connectivity index (χ2v) is 6.88. The van der Waals surface area contributed by atoms with Gasteiger partial charge in [-0.2, -0.15) is 0 Å². The number of anilines is 1. The number of amides is 3. The molecule has 0 aliphatic carbocycles. The fourth-order valence-electron chi connectivity index (χ4n) is 3.29. The number of rotatable bonds is 5. The topological polar surface area (TPSA) is 66.5 Å². The van der Waals surface area contributed by atoms with Crippen molar-refractivity contribution >= 4 is 35.0 Å². The molecule has 0 bridgehead atoms. The van der Waals surface area contributed by atoms with Crippen LogP contribution in [-0.4, -0.2) is 17.7 Å². The molecule has 29 heavy (non-hydrogen) atoms. The molecule has 5 nitrogen and oxygen atoms in total. The van der Waals surface area contributed by atoms with Crippen LogP contribution in [0.1, 0.15) is 24.3 Å². The van der Waals surface area contributed by atoms with Crippen LogP contribution in [0.2, 0.25) is 5.02 Å². The minimum Gasteiger partial charge on any atom is -0.296 e. The zero-order chi connectivity index (χ0) is 21.1. The van der Waals surface area contributed by atoms with Crippen molar-refractivity contribution in [2.45, 2.75) is 18.8 Å². The first kappa shape index (κ1) is 20.5. The second-order valence-electron chi connectivity index (χ2n) is 6.50. The average molecular weight is 413 g/mol. The van der Waals surface area contributed by atoms with E-state index in [-0.39, 0.29) is 29.7 Å². The van der Waals surface area contributed by atoms with Gasteiger partial charge in [-0.25, -0.2) is 4.39 Å². The highest BCUT2D eigenvalue weighted by molar-refractivity contribution is 6.34. The van der Waals surface area contributed by atoms with Gasteiger partial charge < -0.3 is 0 Å². The van der Waals surface area contributed by atoms with Crippen LogP contribution in [0.15, 0.2) is 61.8 Å². The normalized spacial score (nSPS) is 16.1. The monoisotopic (exact) mass is 412 g/mol. The van der Waals surface area contributed by atoms with E-state index in [0.29, 0.717) is 22.4 Å². The fraction of sp³-hybridized carbons (Fsp3) is 0.136. The number of carbonyl (C=O) groups is 3. The highest BCUT2D eigenvalue weighted by atomic mass is 35.5. The zero-order valence-corrected chi connectivity index (χ0v) is 16.2. The van der Waals surface area contributed by atoms with Gasteiger partial charge in [-0.05, 0) is 47.9 Å². The van der Waals surface area contributed by atoms with Crippen LogP contribution in [0.25, 0.3) is 11.1 Å². The highest BCUT2D eigenvalue weighted by Crippen LogP contribution is 2.38. The van der Waals surface area contributed by atoms with E-state index >= 15 is 0 Å². The summed E-state index contributed by atoms with van der Waals surface area (Å²) in [5.41, 5.74) is 1.93. The number of imide groups is 1. The Hall–Kier alpha value is -3.25. The van der Waals surface area contributed by atoms with Crippen molar-refractivity contribution in [3.63, 3.8) is 0 Å². The standard InChI is InChI=1S/C22H18ClFN2O3/c1-3-20(28)26(4-2)15-7-5-13(6-8-15)17-11-14(24)12-18(21(17)23)16-9-10-19(27)25-22(16)29/h3-8,11-12,16H,1-2,9-10H2,(H,25,27,29). The molecule has 1 N–H and O–H groups in total. The van der Waals surface area contributed by atoms with Crippen molar-refractivity contribution in [3.8, 4) is 11.1 Å². The van der Waals surface area contributed by atoms with Gasteiger partial charge in [0, 0.05) is 23.9 Å². The number of nitrogens with one attached hydrogen (secondary N) is 1. The van der Waals surface area contributed by atoms with Crippen molar-refractivity contribution in [2.24, 2.45) is 0 Å². The van der Waals surface area contributed by atoms with E-state index in [2.05, 4.69) is 18.5 Å². The number of nitrogens with zero attached hydrogens (tertiary/aromatic N) is 1. The van der Waals surface area contributed by atoms with Gasteiger partial charge in [0.2, 0.25) is 11.8 Å². The summed E-state index contributed by atoms with van der Waals surface area (Å²) in [4.78, 5) is 36.8. The molecule has 7 heteroatoms. The van der Waals surface area contributed by atoms with Gasteiger partial charge in [-0.15, -0.1) is 0 Å². The third-order valence-corrected chi connectivity index (χ3v) is 5.15. The third-order valence-electron chi connectivity index (χ3n) is 4.73. The second kappa shape index (κ2) is 8.41. The number of hydrogen-bond acceptors (Lipinski definition) is 3. The molecular formula is C22H18ClFN2O3. The molecule has 0 spiro atoms. The first-order chi connectivity index (χ1) is 13.8. The molecule has 3 amide bonds. The maximum Gasteiger partial charge on any atom is 0.254 e. The fourth-order valence-corrected chi connectivity index (χ4v) is 3.64. The first-order valence-corrected chi connectivity index (χ1v) is 9.24. The number of piperidine rings is 1. The number of carbonyl (C=O) groups excluding carboxylic acids is 3. The van der Waals surface area contributed by atoms with E-state index in [0.717, 1.165) is 0 Å². The lowest BCUT2D eigenvalue weighted by atomic mass is 9.88. The summed E-state index contributed by atoms with van der Waals surface area (Å²) in [5, 5.41) is 2.51. The molecule has 2 aromatic carbocycles. The average Bonchev–Trinajstić information content (AvgIpc) is 2.70. The lowest BCUT2D eigenvalue weighted by Crippen LogP contribution is -2.39. The molecule has 1 aliphatic rings. The van der Waals surface area contributed by atoms with Gasteiger partial charge in [-0.1, -0.05) is 36.9 Å². The Morgan fingerprint density at radius 1 is 1.21 bits per heavy atom. The molecule has 3 rings (SSSR count). The summed E-state index contributed by atoms with van der Waals surface area (Å²) in [7, 11) is 0. The molecule has 2 aromatic rings. The number of halogens is 2. The molecule has 1 atom stereocenters. The van der Waals surface area contributed by atoms with E-state index in [1.807, 2.05) is 0 Å². The Labute approximate surface area is 172 Å². The van der Waals surface area contributed by atoms with Crippen LogP contribution < -0.4 is 10.2 Å². The zero-order valence-electron chi connectivity index (χ0n) is 15.5. The Morgan fingerprint density at radius 3 is 2.48 bits per heavy atom. The Bertz CT molecular complexity index is 1020. The molecule has 0 radical (unpaired) electrons. The van der Waals surface area contributed by atoms with Crippen molar-refractivity contribution < 1.29 is 18.8 Å². The van der Waals surface area contributed by atoms with Crippen LogP contribution in [-0.2, 0) is 14.4 Å². The van der Waals surface area contributed by atoms with E-state index < -0.39 is 17.6 Å². The largest absolute Gasteiger partial charge is 0.296 e. The van der Waals surface area contributed by atoms with Gasteiger partial charge in [0.1, 0.15) is 5.82 Å². The molecule has 0 aromatic heterocycles. The summed E-state index contributed by atoms with van der Waals surface area (Å²) in [5.74, 6) is -2.41. The minimum atomic E-state index is -0.699. The van der Waals surface area contributed by atoms with Gasteiger partial charge in [0.15, 0.2) is 0 Å². The molecule has 0 saturated carbocycles. The number of benzene rings is 2. The van der Waals surface area contributed by atoms with Gasteiger partial charge in [0.05, 0.1) is 10.9 Å². The van der Waals surface area contributed by atoms with E-state index in [4.69, 9.17) is 11.6 Å². The van der Waals surface area contributed by atoms with Gasteiger partial charge in [0.25, 0.3) is 5.91 Å². The highest BCUT2D eigenvalue weighted by Gasteiger charge is 2.30. The van der Waals surface area contributed by atoms with E-state index in [9.17, 15) is 18.8 Å². The predicted molar refractivity (Wildman–Crippen MR) is 110 cm³/mol. The lowest BCUT2D eigenvalue weighted by molar-refractivity contribution is -0.134. The Balaban J connectivity index is 1.99. The first-order valence-electron chi connectivity index (χ1n) is 8.87. The molecule has 1 aliphatic heterocycles. The van der Waals surface area contributed by atoms with Crippen LogP contribution in [0, 0.1) is 5.82 Å². The van der Waals surface area contributed by atoms with E-state index in [1.165, 1.54) is 29.3 Å². The van der Waals surface area contributed by atoms with Crippen molar-refractivity contribution in [1.82, 2.24) is 5.32 Å². The van der Waals surface area contributed by atoms with Crippen LogP contribution >= 0.6 is 11.6 Å². The third kappa shape index (κ3) is 4.12. The summed E-state index contributed by atoms with van der Waals surface area (Å²) in [6, 6.07) is 9.24. The van der Waals surface area contributed by atoms with Crippen LogP contribution in [0.3, 0.4) is 0 Å². The van der Waals surface area contributed by atoms with Crippen molar-refractivity contribution in [2.75, 3.05) is 4.90 Å². The lowest BCUT2D eigenvalue weighted by Gasteiger charge is -2.23. The van der Waals surface area contributed by atoms with Gasteiger partial charge >= 0.3 is 0 Å². The van der Waals surface area contributed by atoms with Crippen LogP contribution in [0.5, 0.6) is 0 Å². The summed E-state index contributed by atoms with van der Waals surface area (Å²) in [6.45, 7) is 7.07. The summed E-state index contributed by atoms with van der Waals surface area (Å²) < 4.78 is 14.3. The van der Waals surface area contributed by atoms with Gasteiger partial charge in [-0.3, -0.25) is 24.6 Å². The summed E-state index contributed by atoms with van der Waals surface area (Å²) in [6.07, 6.45) is 2.98. The smallest absolute Gasteiger partial charge is 0.254 e.